The van der Waals surface area contributed by atoms with Gasteiger partial charge in [-0.15, -0.1) is 11.1 Å². The summed E-state index contributed by atoms with van der Waals surface area (Å²) >= 11 is 0. The van der Waals surface area contributed by atoms with Gasteiger partial charge in [-0.1, -0.05) is 168 Å². The van der Waals surface area contributed by atoms with Crippen molar-refractivity contribution in [1.82, 2.24) is 9.97 Å². The summed E-state index contributed by atoms with van der Waals surface area (Å²) in [4.78, 5) is 11.4. The van der Waals surface area contributed by atoms with E-state index in [1.54, 1.807) is 0 Å². The van der Waals surface area contributed by atoms with Gasteiger partial charge in [0.25, 0.3) is 0 Å². The van der Waals surface area contributed by atoms with Crippen LogP contribution in [0.2, 0.25) is 33.2 Å². The number of hydrogen-bond acceptors (Lipinski definition) is 2. The lowest BCUT2D eigenvalue weighted by Gasteiger charge is -2.38. The summed E-state index contributed by atoms with van der Waals surface area (Å²) in [5, 5.41) is 9.53. The van der Waals surface area contributed by atoms with E-state index >= 15 is 0 Å². The van der Waals surface area contributed by atoms with Crippen LogP contribution in [0.5, 0.6) is 0 Å². The van der Waals surface area contributed by atoms with Crippen LogP contribution >= 0.6 is 0 Å². The molecule has 0 amide bonds. The number of benzene rings is 6. The fraction of sp³-hybridized carbons (Fsp3) is 0.375. The van der Waals surface area contributed by atoms with Gasteiger partial charge in [0.05, 0.1) is 22.2 Å². The molecule has 4 heteroatoms. The Morgan fingerprint density at radius 1 is 0.385 bits per heavy atom. The first-order chi connectivity index (χ1) is 24.7. The van der Waals surface area contributed by atoms with Crippen molar-refractivity contribution in [3.05, 3.63) is 83.9 Å². The van der Waals surface area contributed by atoms with Crippen molar-refractivity contribution in [3.63, 3.8) is 0 Å². The van der Waals surface area contributed by atoms with Gasteiger partial charge in [0, 0.05) is 21.5 Å². The molecule has 7 rings (SSSR count). The van der Waals surface area contributed by atoms with Gasteiger partial charge in [0.2, 0.25) is 0 Å². The van der Waals surface area contributed by atoms with E-state index in [-0.39, 0.29) is 0 Å². The predicted molar refractivity (Wildman–Crippen MR) is 234 cm³/mol. The first-order valence-corrected chi connectivity index (χ1v) is 24.0. The summed E-state index contributed by atoms with van der Waals surface area (Å²) in [6.07, 6.45) is 0. The van der Waals surface area contributed by atoms with E-state index in [1.807, 2.05) is 0 Å². The number of nitrogens with zero attached hydrogens (tertiary/aromatic N) is 2. The number of hydrogen-bond donors (Lipinski definition) is 0. The quantitative estimate of drug-likeness (QED) is 0.0742. The van der Waals surface area contributed by atoms with Crippen LogP contribution in [-0.4, -0.2) is 26.1 Å². The maximum Gasteiger partial charge on any atom is 0.146 e. The lowest BCUT2D eigenvalue weighted by molar-refractivity contribution is 0.838. The Balaban J connectivity index is 1.72. The zero-order valence-electron chi connectivity index (χ0n) is 33.3. The molecule has 0 N–H and O–H groups in total. The third-order valence-electron chi connectivity index (χ3n) is 12.8. The van der Waals surface area contributed by atoms with Gasteiger partial charge in [-0.25, -0.2) is 9.97 Å². The van der Waals surface area contributed by atoms with Gasteiger partial charge < -0.3 is 0 Å². The van der Waals surface area contributed by atoms with E-state index in [0.717, 1.165) is 54.7 Å². The third kappa shape index (κ3) is 5.28. The predicted octanol–water partition coefficient (Wildman–Crippen LogP) is 14.0. The molecule has 2 nitrogen and oxygen atoms in total. The second-order valence-electron chi connectivity index (χ2n) is 17.1. The Morgan fingerprint density at radius 3 is 1.04 bits per heavy atom. The molecule has 0 fully saturated rings. The molecule has 0 aliphatic carbocycles. The minimum Gasteiger partial charge on any atom is -0.242 e. The SMILES string of the molecule is CC(C)[Si](C#Cc1c2ccccc2c(C#C[Si](C(C)C)(C(C)C)C(C)C)c2nc3c4cccc5ccc6cccc(c3nc12)c6c54)(C(C)C)C(C)C. The first kappa shape index (κ1) is 36.1. The standard InChI is InChI=1S/C48H54N2Si2/c1-29(2)51(30(3)4,31(5)6)27-25-39-37-19-13-14-20-38(37)40(26-28-52(32(7)8,33(9)10)34(11)12)46-45(39)49-47-41-21-15-17-35-23-24-36-18-16-22-42(48(47)50-46)44(36)43(35)41/h13-24,29-34H,1-12H3. The van der Waals surface area contributed by atoms with E-state index in [1.165, 1.54) is 21.5 Å². The second-order valence-corrected chi connectivity index (χ2v) is 28.2. The highest BCUT2D eigenvalue weighted by Gasteiger charge is 2.43. The van der Waals surface area contributed by atoms with E-state index in [4.69, 9.17) is 9.97 Å². The molecule has 0 aliphatic heterocycles. The zero-order chi connectivity index (χ0) is 37.3. The molecule has 0 aliphatic rings. The molecule has 52 heavy (non-hydrogen) atoms. The molecule has 1 aromatic heterocycles. The molecule has 0 saturated carbocycles. The van der Waals surface area contributed by atoms with Crippen molar-refractivity contribution in [2.45, 2.75) is 116 Å². The fourth-order valence-electron chi connectivity index (χ4n) is 10.3. The average Bonchev–Trinajstić information content (AvgIpc) is 3.10. The molecule has 264 valence electrons. The zero-order valence-corrected chi connectivity index (χ0v) is 35.3. The molecule has 7 aromatic rings. The van der Waals surface area contributed by atoms with Crippen LogP contribution in [0.1, 0.15) is 94.2 Å². The van der Waals surface area contributed by atoms with Gasteiger partial charge in [0.1, 0.15) is 27.2 Å². The number of fused-ring (bicyclic) bond motifs is 5. The smallest absolute Gasteiger partial charge is 0.146 e. The summed E-state index contributed by atoms with van der Waals surface area (Å²) in [5.74, 6) is 7.82. The van der Waals surface area contributed by atoms with Crippen molar-refractivity contribution in [2.24, 2.45) is 0 Å². The molecule has 0 spiro atoms. The first-order valence-electron chi connectivity index (χ1n) is 19.5. The van der Waals surface area contributed by atoms with E-state index in [0.29, 0.717) is 33.2 Å². The molecular weight excluding hydrogens is 661 g/mol. The number of rotatable bonds is 6. The highest BCUT2D eigenvalue weighted by molar-refractivity contribution is 6.91. The molecule has 0 saturated heterocycles. The minimum absolute atomic E-state index is 0.525. The largest absolute Gasteiger partial charge is 0.242 e. The molecule has 6 aromatic carbocycles. The van der Waals surface area contributed by atoms with Crippen molar-refractivity contribution in [2.75, 3.05) is 0 Å². The topological polar surface area (TPSA) is 25.8 Å². The van der Waals surface area contributed by atoms with Gasteiger partial charge in [-0.3, -0.25) is 0 Å². The maximum absolute atomic E-state index is 5.72. The summed E-state index contributed by atoms with van der Waals surface area (Å²) in [7, 11) is -4.11. The average molecular weight is 715 g/mol. The van der Waals surface area contributed by atoms with Crippen LogP contribution in [0.25, 0.3) is 65.2 Å². The van der Waals surface area contributed by atoms with Crippen LogP contribution in [0.4, 0.5) is 0 Å². The Kier molecular flexibility index (Phi) is 9.26. The van der Waals surface area contributed by atoms with Crippen molar-refractivity contribution in [1.29, 1.82) is 0 Å². The highest BCUT2D eigenvalue weighted by atomic mass is 28.3. The van der Waals surface area contributed by atoms with Crippen LogP contribution in [-0.2, 0) is 0 Å². The van der Waals surface area contributed by atoms with Gasteiger partial charge in [0.15, 0.2) is 0 Å². The van der Waals surface area contributed by atoms with Gasteiger partial charge in [-0.05, 0) is 54.8 Å². The molecule has 0 atom stereocenters. The van der Waals surface area contributed by atoms with E-state index in [9.17, 15) is 0 Å². The van der Waals surface area contributed by atoms with E-state index < -0.39 is 16.1 Å². The van der Waals surface area contributed by atoms with Crippen molar-refractivity contribution >= 4 is 81.3 Å². The Labute approximate surface area is 313 Å². The molecule has 0 unspecified atom stereocenters. The lowest BCUT2D eigenvalue weighted by atomic mass is 9.92. The van der Waals surface area contributed by atoms with Crippen LogP contribution in [0.3, 0.4) is 0 Å². The normalized spacial score (nSPS) is 13.0. The van der Waals surface area contributed by atoms with E-state index in [2.05, 4.69) is 179 Å². The molecule has 1 heterocycles. The summed E-state index contributed by atoms with van der Waals surface area (Å²) in [5.41, 5.74) is 16.9. The minimum atomic E-state index is -2.06. The van der Waals surface area contributed by atoms with Gasteiger partial charge in [-0.2, -0.15) is 0 Å². The monoisotopic (exact) mass is 714 g/mol. The maximum atomic E-state index is 5.72. The third-order valence-corrected chi connectivity index (χ3v) is 25.4. The summed E-state index contributed by atoms with van der Waals surface area (Å²) in [6, 6.07) is 26.5. The highest BCUT2D eigenvalue weighted by Crippen LogP contribution is 2.44. The Morgan fingerprint density at radius 2 is 0.712 bits per heavy atom. The number of aromatic nitrogens is 2. The molecule has 0 bridgehead atoms. The lowest BCUT2D eigenvalue weighted by Crippen LogP contribution is -2.43. The van der Waals surface area contributed by atoms with Crippen LogP contribution < -0.4 is 0 Å². The summed E-state index contributed by atoms with van der Waals surface area (Å²) in [6.45, 7) is 28.7. The van der Waals surface area contributed by atoms with Gasteiger partial charge >= 0.3 is 0 Å². The van der Waals surface area contributed by atoms with Crippen molar-refractivity contribution in [3.8, 4) is 22.9 Å². The fourth-order valence-corrected chi connectivity index (χ4v) is 20.8. The summed E-state index contributed by atoms with van der Waals surface area (Å²) < 4.78 is 0. The van der Waals surface area contributed by atoms with Crippen LogP contribution in [0.15, 0.2) is 72.8 Å². The molecular formula is C48H54N2Si2. The molecule has 0 radical (unpaired) electrons. The van der Waals surface area contributed by atoms with Crippen LogP contribution in [0, 0.1) is 22.9 Å². The Hall–Kier alpha value is -4.23. The second kappa shape index (κ2) is 13.3. The van der Waals surface area contributed by atoms with Crippen molar-refractivity contribution < 1.29 is 0 Å². The Bertz CT molecular complexity index is 2400.